The van der Waals surface area contributed by atoms with Crippen LogP contribution in [0.15, 0.2) is 48.9 Å². The molecule has 1 aromatic carbocycles. The van der Waals surface area contributed by atoms with E-state index in [0.717, 1.165) is 60.6 Å². The van der Waals surface area contributed by atoms with Crippen LogP contribution in [0.25, 0.3) is 11.1 Å². The molecule has 2 saturated heterocycles. The molecular formula is C24H24F3N5O2. The van der Waals surface area contributed by atoms with Crippen molar-refractivity contribution in [2.45, 2.75) is 31.7 Å². The summed E-state index contributed by atoms with van der Waals surface area (Å²) in [6, 6.07) is 8.60. The molecular weight excluding hydrogens is 447 g/mol. The molecule has 178 valence electrons. The Morgan fingerprint density at radius 2 is 1.76 bits per heavy atom. The molecule has 0 saturated carbocycles. The lowest BCUT2D eigenvalue weighted by Crippen LogP contribution is -2.45. The number of aromatic nitrogens is 3. The lowest BCUT2D eigenvalue weighted by molar-refractivity contribution is -0.169. The van der Waals surface area contributed by atoms with Crippen molar-refractivity contribution >= 4 is 17.3 Å². The molecule has 2 aliphatic rings. The van der Waals surface area contributed by atoms with Crippen LogP contribution >= 0.6 is 0 Å². The number of benzene rings is 1. The Morgan fingerprint density at radius 3 is 2.50 bits per heavy atom. The summed E-state index contributed by atoms with van der Waals surface area (Å²) in [6.07, 6.45) is 1.76. The van der Waals surface area contributed by atoms with Gasteiger partial charge in [-0.15, -0.1) is 0 Å². The number of rotatable bonds is 4. The third-order valence-electron chi connectivity index (χ3n) is 6.04. The maximum atomic E-state index is 13.0. The molecule has 2 aromatic heterocycles. The highest BCUT2D eigenvalue weighted by atomic mass is 19.4. The Hall–Kier alpha value is -3.24. The largest absolute Gasteiger partial charge is 0.433 e. The quantitative estimate of drug-likeness (QED) is 0.577. The van der Waals surface area contributed by atoms with E-state index in [1.807, 2.05) is 31.3 Å². The number of pyridine rings is 1. The highest BCUT2D eigenvalue weighted by Gasteiger charge is 2.39. The second-order valence-electron chi connectivity index (χ2n) is 8.50. The van der Waals surface area contributed by atoms with E-state index in [1.54, 1.807) is 6.20 Å². The van der Waals surface area contributed by atoms with E-state index < -0.39 is 17.7 Å². The number of halogens is 3. The first-order valence-electron chi connectivity index (χ1n) is 11.1. The van der Waals surface area contributed by atoms with Crippen LogP contribution < -0.4 is 10.2 Å². The second-order valence-corrected chi connectivity index (χ2v) is 8.50. The van der Waals surface area contributed by atoms with Crippen LogP contribution in [0.5, 0.6) is 0 Å². The van der Waals surface area contributed by atoms with Gasteiger partial charge < -0.3 is 19.7 Å². The zero-order valence-corrected chi connectivity index (χ0v) is 18.6. The summed E-state index contributed by atoms with van der Waals surface area (Å²) in [5.41, 5.74) is 3.33. The van der Waals surface area contributed by atoms with Gasteiger partial charge in [-0.05, 0) is 42.3 Å². The van der Waals surface area contributed by atoms with Crippen LogP contribution in [0.2, 0.25) is 0 Å². The van der Waals surface area contributed by atoms with Gasteiger partial charge in [0.25, 0.3) is 0 Å². The molecule has 10 heteroatoms. The van der Waals surface area contributed by atoms with Crippen molar-refractivity contribution in [1.29, 1.82) is 0 Å². The van der Waals surface area contributed by atoms with E-state index in [-0.39, 0.29) is 5.95 Å². The number of ether oxygens (including phenoxy) is 2. The number of anilines is 3. The van der Waals surface area contributed by atoms with Gasteiger partial charge in [0, 0.05) is 49.6 Å². The topological polar surface area (TPSA) is 72.4 Å². The lowest BCUT2D eigenvalue weighted by atomic mass is 10.0. The molecule has 0 unspecified atom stereocenters. The molecule has 1 spiro atoms. The van der Waals surface area contributed by atoms with Gasteiger partial charge in [0.2, 0.25) is 5.95 Å². The van der Waals surface area contributed by atoms with Gasteiger partial charge in [0.05, 0.1) is 25.1 Å². The molecule has 1 N–H and O–H groups in total. The molecule has 34 heavy (non-hydrogen) atoms. The summed E-state index contributed by atoms with van der Waals surface area (Å²) < 4.78 is 50.6. The summed E-state index contributed by atoms with van der Waals surface area (Å²) in [5.74, 6) is -0.554. The molecule has 2 fully saturated rings. The third kappa shape index (κ3) is 4.83. The SMILES string of the molecule is Cc1cc(Nc2nccc(C(F)(F)F)n2)cc(-c2cncc(N3CCC4(CC3)OCCO4)c2)c1. The van der Waals surface area contributed by atoms with Crippen molar-refractivity contribution in [1.82, 2.24) is 15.0 Å². The summed E-state index contributed by atoms with van der Waals surface area (Å²) >= 11 is 0. The van der Waals surface area contributed by atoms with Crippen LogP contribution in [0.1, 0.15) is 24.1 Å². The Morgan fingerprint density at radius 1 is 1.00 bits per heavy atom. The van der Waals surface area contributed by atoms with E-state index in [1.165, 1.54) is 0 Å². The third-order valence-corrected chi connectivity index (χ3v) is 6.04. The molecule has 4 heterocycles. The zero-order chi connectivity index (χ0) is 23.8. The number of piperidine rings is 1. The van der Waals surface area contributed by atoms with Crippen molar-refractivity contribution in [3.8, 4) is 11.1 Å². The first-order valence-corrected chi connectivity index (χ1v) is 11.1. The Kier molecular flexibility index (Phi) is 5.86. The first-order chi connectivity index (χ1) is 16.3. The van der Waals surface area contributed by atoms with Crippen molar-refractivity contribution < 1.29 is 22.6 Å². The number of alkyl halides is 3. The van der Waals surface area contributed by atoms with Crippen LogP contribution in [0.3, 0.4) is 0 Å². The summed E-state index contributed by atoms with van der Waals surface area (Å²) in [5, 5.41) is 2.89. The first kappa shape index (κ1) is 22.5. The normalized spacial score (nSPS) is 17.8. The van der Waals surface area contributed by atoms with Crippen LogP contribution in [0, 0.1) is 6.92 Å². The molecule has 7 nitrogen and oxygen atoms in total. The number of nitrogens with zero attached hydrogens (tertiary/aromatic N) is 4. The minimum Gasteiger partial charge on any atom is -0.370 e. The minimum atomic E-state index is -4.53. The highest BCUT2D eigenvalue weighted by Crippen LogP contribution is 2.35. The van der Waals surface area contributed by atoms with Crippen molar-refractivity contribution in [2.24, 2.45) is 0 Å². The van der Waals surface area contributed by atoms with E-state index >= 15 is 0 Å². The number of hydrogen-bond acceptors (Lipinski definition) is 7. The lowest BCUT2D eigenvalue weighted by Gasteiger charge is -2.38. The summed E-state index contributed by atoms with van der Waals surface area (Å²) in [7, 11) is 0. The summed E-state index contributed by atoms with van der Waals surface area (Å²) in [4.78, 5) is 14.2. The van der Waals surface area contributed by atoms with Gasteiger partial charge in [-0.1, -0.05) is 6.07 Å². The molecule has 0 aliphatic carbocycles. The number of hydrogen-bond donors (Lipinski definition) is 1. The molecule has 5 rings (SSSR count). The maximum Gasteiger partial charge on any atom is 0.433 e. The second kappa shape index (κ2) is 8.84. The fourth-order valence-electron chi connectivity index (χ4n) is 4.38. The highest BCUT2D eigenvalue weighted by molar-refractivity contribution is 5.72. The Bertz CT molecular complexity index is 1170. The van der Waals surface area contributed by atoms with Crippen molar-refractivity contribution in [3.05, 3.63) is 60.2 Å². The smallest absolute Gasteiger partial charge is 0.370 e. The zero-order valence-electron chi connectivity index (χ0n) is 18.6. The van der Waals surface area contributed by atoms with E-state index in [2.05, 4.69) is 31.2 Å². The van der Waals surface area contributed by atoms with E-state index in [9.17, 15) is 13.2 Å². The van der Waals surface area contributed by atoms with Gasteiger partial charge in [-0.2, -0.15) is 13.2 Å². The molecule has 0 atom stereocenters. The van der Waals surface area contributed by atoms with Gasteiger partial charge >= 0.3 is 6.18 Å². The van der Waals surface area contributed by atoms with Gasteiger partial charge in [-0.3, -0.25) is 4.98 Å². The Balaban J connectivity index is 1.36. The van der Waals surface area contributed by atoms with E-state index in [4.69, 9.17) is 9.47 Å². The monoisotopic (exact) mass is 471 g/mol. The number of nitrogens with one attached hydrogen (secondary N) is 1. The van der Waals surface area contributed by atoms with Gasteiger partial charge in [0.15, 0.2) is 5.79 Å². The maximum absolute atomic E-state index is 13.0. The predicted molar refractivity (Wildman–Crippen MR) is 121 cm³/mol. The fraction of sp³-hybridized carbons (Fsp3) is 0.375. The van der Waals surface area contributed by atoms with Gasteiger partial charge in [-0.25, -0.2) is 9.97 Å². The molecule has 0 radical (unpaired) electrons. The standard InChI is InChI=1S/C24H24F3N5O2/c1-16-10-17(12-19(11-16)30-22-29-5-2-21(31-22)24(25,26)27)18-13-20(15-28-14-18)32-6-3-23(4-7-32)33-8-9-34-23/h2,5,10-15H,3-4,6-9H2,1H3,(H,29,30,31). The molecule has 3 aromatic rings. The average Bonchev–Trinajstić information content (AvgIpc) is 3.27. The van der Waals surface area contributed by atoms with Crippen molar-refractivity contribution in [3.63, 3.8) is 0 Å². The fourth-order valence-corrected chi connectivity index (χ4v) is 4.38. The summed E-state index contributed by atoms with van der Waals surface area (Å²) in [6.45, 7) is 4.82. The minimum absolute atomic E-state index is 0.114. The van der Waals surface area contributed by atoms with Crippen molar-refractivity contribution in [2.75, 3.05) is 36.5 Å². The number of aryl methyl sites for hydroxylation is 1. The molecule has 2 aliphatic heterocycles. The predicted octanol–water partition coefficient (Wildman–Crippen LogP) is 4.95. The average molecular weight is 471 g/mol. The van der Waals surface area contributed by atoms with Crippen LogP contribution in [0.4, 0.5) is 30.5 Å². The Labute approximate surface area is 195 Å². The van der Waals surface area contributed by atoms with Gasteiger partial charge in [0.1, 0.15) is 5.69 Å². The van der Waals surface area contributed by atoms with Crippen LogP contribution in [-0.2, 0) is 15.7 Å². The van der Waals surface area contributed by atoms with E-state index in [0.29, 0.717) is 18.9 Å². The molecule has 0 bridgehead atoms. The molecule has 0 amide bonds. The van der Waals surface area contributed by atoms with Crippen LogP contribution in [-0.4, -0.2) is 47.0 Å².